The zero-order chi connectivity index (χ0) is 17.6. The van der Waals surface area contributed by atoms with Gasteiger partial charge in [0.05, 0.1) is 11.8 Å². The standard InChI is InChI=1S/C16H12BrF3N2O2/c17-12-5-3-6-13(8-12)24-10-15(23)22-21-9-11-4-1-2-7-14(11)16(18,19)20/h1-9H,10H2,(H,22,23)/b21-9+. The molecule has 4 nitrogen and oxygen atoms in total. The fourth-order valence-corrected chi connectivity index (χ4v) is 2.16. The third-order valence-electron chi connectivity index (χ3n) is 2.83. The van der Waals surface area contributed by atoms with Crippen molar-refractivity contribution in [2.45, 2.75) is 6.18 Å². The number of ether oxygens (including phenoxy) is 1. The third kappa shape index (κ3) is 5.38. The molecule has 0 bridgehead atoms. The van der Waals surface area contributed by atoms with Crippen LogP contribution in [0.3, 0.4) is 0 Å². The monoisotopic (exact) mass is 400 g/mol. The van der Waals surface area contributed by atoms with E-state index in [1.165, 1.54) is 18.2 Å². The first kappa shape index (κ1) is 18.0. The number of benzene rings is 2. The van der Waals surface area contributed by atoms with E-state index in [9.17, 15) is 18.0 Å². The number of alkyl halides is 3. The summed E-state index contributed by atoms with van der Waals surface area (Å²) >= 11 is 3.26. The van der Waals surface area contributed by atoms with Crippen molar-refractivity contribution in [1.29, 1.82) is 0 Å². The van der Waals surface area contributed by atoms with Crippen molar-refractivity contribution < 1.29 is 22.7 Å². The van der Waals surface area contributed by atoms with Crippen LogP contribution in [0.1, 0.15) is 11.1 Å². The van der Waals surface area contributed by atoms with E-state index in [0.29, 0.717) is 5.75 Å². The zero-order valence-corrected chi connectivity index (χ0v) is 13.8. The van der Waals surface area contributed by atoms with Crippen LogP contribution in [0.2, 0.25) is 0 Å². The van der Waals surface area contributed by atoms with Crippen molar-refractivity contribution in [3.05, 3.63) is 64.1 Å². The van der Waals surface area contributed by atoms with Gasteiger partial charge in [0.2, 0.25) is 0 Å². The lowest BCUT2D eigenvalue weighted by Crippen LogP contribution is -2.24. The first-order chi connectivity index (χ1) is 11.4. The smallest absolute Gasteiger partial charge is 0.417 e. The molecule has 24 heavy (non-hydrogen) atoms. The summed E-state index contributed by atoms with van der Waals surface area (Å²) in [6.45, 7) is -0.311. The second-order valence-electron chi connectivity index (χ2n) is 4.62. The third-order valence-corrected chi connectivity index (χ3v) is 3.32. The predicted molar refractivity (Wildman–Crippen MR) is 86.8 cm³/mol. The lowest BCUT2D eigenvalue weighted by atomic mass is 10.1. The van der Waals surface area contributed by atoms with Crippen LogP contribution in [-0.2, 0) is 11.0 Å². The van der Waals surface area contributed by atoms with E-state index in [0.717, 1.165) is 16.8 Å². The van der Waals surface area contributed by atoms with Gasteiger partial charge in [-0.05, 0) is 24.3 Å². The number of hydrogen-bond donors (Lipinski definition) is 1. The number of halogens is 4. The molecule has 0 aromatic heterocycles. The van der Waals surface area contributed by atoms with E-state index in [4.69, 9.17) is 4.74 Å². The average molecular weight is 401 g/mol. The highest BCUT2D eigenvalue weighted by Gasteiger charge is 2.32. The van der Waals surface area contributed by atoms with Gasteiger partial charge >= 0.3 is 6.18 Å². The molecule has 0 unspecified atom stereocenters. The van der Waals surface area contributed by atoms with Gasteiger partial charge in [0.15, 0.2) is 6.61 Å². The first-order valence-electron chi connectivity index (χ1n) is 6.73. The van der Waals surface area contributed by atoms with E-state index in [2.05, 4.69) is 26.5 Å². The minimum atomic E-state index is -4.49. The number of nitrogens with one attached hydrogen (secondary N) is 1. The molecule has 0 atom stereocenters. The van der Waals surface area contributed by atoms with Crippen LogP contribution in [0.15, 0.2) is 58.1 Å². The molecule has 8 heteroatoms. The number of nitrogens with zero attached hydrogens (tertiary/aromatic N) is 1. The molecule has 126 valence electrons. The summed E-state index contributed by atoms with van der Waals surface area (Å²) in [6.07, 6.45) is -3.55. The van der Waals surface area contributed by atoms with Gasteiger partial charge in [-0.25, -0.2) is 5.43 Å². The molecule has 2 aromatic carbocycles. The van der Waals surface area contributed by atoms with Gasteiger partial charge in [-0.1, -0.05) is 40.2 Å². The van der Waals surface area contributed by atoms with E-state index >= 15 is 0 Å². The van der Waals surface area contributed by atoms with E-state index < -0.39 is 17.6 Å². The Morgan fingerprint density at radius 3 is 2.67 bits per heavy atom. The molecule has 0 heterocycles. The van der Waals surface area contributed by atoms with E-state index in [1.54, 1.807) is 24.3 Å². The quantitative estimate of drug-likeness (QED) is 0.609. The van der Waals surface area contributed by atoms with Gasteiger partial charge < -0.3 is 4.74 Å². The van der Waals surface area contributed by atoms with Gasteiger partial charge in [0.25, 0.3) is 5.91 Å². The number of carbonyl (C=O) groups excluding carboxylic acids is 1. The molecule has 0 aliphatic rings. The molecule has 0 aliphatic carbocycles. The Hall–Kier alpha value is -2.35. The topological polar surface area (TPSA) is 50.7 Å². The second kappa shape index (κ2) is 7.96. The molecule has 0 spiro atoms. The van der Waals surface area contributed by atoms with E-state index in [-0.39, 0.29) is 12.2 Å². The second-order valence-corrected chi connectivity index (χ2v) is 5.54. The highest BCUT2D eigenvalue weighted by Crippen LogP contribution is 2.31. The Balaban J connectivity index is 1.91. The predicted octanol–water partition coefficient (Wildman–Crippen LogP) is 4.00. The maximum Gasteiger partial charge on any atom is 0.417 e. The minimum Gasteiger partial charge on any atom is -0.484 e. The van der Waals surface area contributed by atoms with Gasteiger partial charge in [-0.3, -0.25) is 4.79 Å². The van der Waals surface area contributed by atoms with Crippen LogP contribution >= 0.6 is 15.9 Å². The van der Waals surface area contributed by atoms with Crippen LogP contribution in [-0.4, -0.2) is 18.7 Å². The summed E-state index contributed by atoms with van der Waals surface area (Å²) in [6, 6.07) is 11.8. The minimum absolute atomic E-state index is 0.141. The van der Waals surface area contributed by atoms with Crippen molar-refractivity contribution >= 4 is 28.1 Å². The molecule has 0 saturated heterocycles. The van der Waals surface area contributed by atoms with Crippen LogP contribution in [0, 0.1) is 0 Å². The molecule has 2 rings (SSSR count). The maximum atomic E-state index is 12.8. The molecule has 0 aliphatic heterocycles. The van der Waals surface area contributed by atoms with Crippen molar-refractivity contribution in [1.82, 2.24) is 5.43 Å². The molecular formula is C16H12BrF3N2O2. The van der Waals surface area contributed by atoms with Gasteiger partial charge in [-0.15, -0.1) is 0 Å². The Labute approximate surface area is 144 Å². The maximum absolute atomic E-state index is 12.8. The first-order valence-corrected chi connectivity index (χ1v) is 7.52. The highest BCUT2D eigenvalue weighted by atomic mass is 79.9. The van der Waals surface area contributed by atoms with E-state index in [1.807, 2.05) is 0 Å². The molecule has 1 amide bonds. The van der Waals surface area contributed by atoms with Crippen molar-refractivity contribution in [2.75, 3.05) is 6.61 Å². The number of hydrogen-bond acceptors (Lipinski definition) is 3. The summed E-state index contributed by atoms with van der Waals surface area (Å²) in [4.78, 5) is 11.6. The van der Waals surface area contributed by atoms with Crippen molar-refractivity contribution in [3.8, 4) is 5.75 Å². The van der Waals surface area contributed by atoms with Gasteiger partial charge in [0.1, 0.15) is 5.75 Å². The number of carbonyl (C=O) groups is 1. The summed E-state index contributed by atoms with van der Waals surface area (Å²) < 4.78 is 44.4. The average Bonchev–Trinajstić information content (AvgIpc) is 2.52. The Morgan fingerprint density at radius 1 is 1.21 bits per heavy atom. The summed E-state index contributed by atoms with van der Waals surface area (Å²) in [5.41, 5.74) is 1.15. The van der Waals surface area contributed by atoms with Gasteiger partial charge in [0, 0.05) is 10.0 Å². The van der Waals surface area contributed by atoms with Crippen LogP contribution in [0.25, 0.3) is 0 Å². The van der Waals surface area contributed by atoms with Crippen molar-refractivity contribution in [3.63, 3.8) is 0 Å². The SMILES string of the molecule is O=C(COc1cccc(Br)c1)N/N=C/c1ccccc1C(F)(F)F. The zero-order valence-electron chi connectivity index (χ0n) is 12.2. The molecule has 0 radical (unpaired) electrons. The summed E-state index contributed by atoms with van der Waals surface area (Å²) in [5, 5.41) is 3.53. The van der Waals surface area contributed by atoms with Gasteiger partial charge in [-0.2, -0.15) is 18.3 Å². The fourth-order valence-electron chi connectivity index (χ4n) is 1.78. The molecule has 0 saturated carbocycles. The lowest BCUT2D eigenvalue weighted by molar-refractivity contribution is -0.137. The van der Waals surface area contributed by atoms with Crippen molar-refractivity contribution in [2.24, 2.45) is 5.10 Å². The van der Waals surface area contributed by atoms with Crippen LogP contribution in [0.4, 0.5) is 13.2 Å². The number of rotatable bonds is 5. The summed E-state index contributed by atoms with van der Waals surface area (Å²) in [7, 11) is 0. The molecule has 1 N–H and O–H groups in total. The number of hydrazone groups is 1. The van der Waals surface area contributed by atoms with Crippen LogP contribution in [0.5, 0.6) is 5.75 Å². The highest BCUT2D eigenvalue weighted by molar-refractivity contribution is 9.10. The molecule has 0 fully saturated rings. The normalized spacial score (nSPS) is 11.5. The number of amides is 1. The Morgan fingerprint density at radius 2 is 1.96 bits per heavy atom. The van der Waals surface area contributed by atoms with Crippen LogP contribution < -0.4 is 10.2 Å². The fraction of sp³-hybridized carbons (Fsp3) is 0.125. The Kier molecular flexibility index (Phi) is 5.97. The molecular weight excluding hydrogens is 389 g/mol. The lowest BCUT2D eigenvalue weighted by Gasteiger charge is -2.09. The summed E-state index contributed by atoms with van der Waals surface area (Å²) in [5.74, 6) is -0.110. The Bertz CT molecular complexity index is 748. The molecule has 2 aromatic rings. The largest absolute Gasteiger partial charge is 0.484 e.